The molecule has 1 aromatic heterocycles. The van der Waals surface area contributed by atoms with E-state index in [1.54, 1.807) is 35.0 Å². The Morgan fingerprint density at radius 2 is 2.15 bits per heavy atom. The second-order valence-corrected chi connectivity index (χ2v) is 6.29. The Morgan fingerprint density at radius 1 is 1.27 bits per heavy atom. The third-order valence-electron chi connectivity index (χ3n) is 4.03. The number of carbonyl (C=O) groups is 1. The first kappa shape index (κ1) is 16.3. The molecule has 1 N–H and O–H groups in total. The van der Waals surface area contributed by atoms with Crippen LogP contribution in [-0.2, 0) is 4.79 Å². The molecule has 7 nitrogen and oxygen atoms in total. The molecule has 0 aliphatic carbocycles. The molecule has 0 bridgehead atoms. The SMILES string of the molecule is Cc1cc(NC(=O)C2=Cc3cc(Cl)ccc3OC2)ccc1-n1cnnn1. The van der Waals surface area contributed by atoms with E-state index in [9.17, 15) is 4.79 Å². The molecular formula is C18H14ClN5O2. The fourth-order valence-electron chi connectivity index (χ4n) is 2.75. The zero-order valence-electron chi connectivity index (χ0n) is 13.8. The molecule has 3 aromatic rings. The summed E-state index contributed by atoms with van der Waals surface area (Å²) in [5.41, 5.74) is 3.78. The number of rotatable bonds is 3. The number of aryl methyl sites for hydroxylation is 1. The van der Waals surface area contributed by atoms with Crippen LogP contribution in [-0.4, -0.2) is 32.7 Å². The first-order valence-electron chi connectivity index (χ1n) is 7.88. The predicted molar refractivity (Wildman–Crippen MR) is 97.4 cm³/mol. The van der Waals surface area contributed by atoms with Gasteiger partial charge in [0, 0.05) is 16.3 Å². The van der Waals surface area contributed by atoms with E-state index in [1.165, 1.54) is 6.33 Å². The lowest BCUT2D eigenvalue weighted by molar-refractivity contribution is -0.113. The summed E-state index contributed by atoms with van der Waals surface area (Å²) in [5, 5.41) is 14.6. The first-order chi connectivity index (χ1) is 12.6. The Morgan fingerprint density at radius 3 is 2.92 bits per heavy atom. The number of fused-ring (bicyclic) bond motifs is 1. The van der Waals surface area contributed by atoms with Gasteiger partial charge in [0.15, 0.2) is 0 Å². The van der Waals surface area contributed by atoms with Crippen LogP contribution >= 0.6 is 11.6 Å². The molecule has 1 amide bonds. The van der Waals surface area contributed by atoms with Gasteiger partial charge in [0.1, 0.15) is 18.7 Å². The maximum Gasteiger partial charge on any atom is 0.255 e. The number of amides is 1. The van der Waals surface area contributed by atoms with Crippen molar-refractivity contribution in [3.63, 3.8) is 0 Å². The van der Waals surface area contributed by atoms with Gasteiger partial charge in [-0.1, -0.05) is 11.6 Å². The van der Waals surface area contributed by atoms with E-state index in [4.69, 9.17) is 16.3 Å². The maximum absolute atomic E-state index is 12.6. The van der Waals surface area contributed by atoms with Crippen LogP contribution in [0.4, 0.5) is 5.69 Å². The Hall–Kier alpha value is -3.19. The van der Waals surface area contributed by atoms with E-state index in [0.717, 1.165) is 16.8 Å². The number of benzene rings is 2. The van der Waals surface area contributed by atoms with Crippen LogP contribution in [0.5, 0.6) is 5.75 Å². The Labute approximate surface area is 154 Å². The Balaban J connectivity index is 1.54. The highest BCUT2D eigenvalue weighted by molar-refractivity contribution is 6.30. The van der Waals surface area contributed by atoms with Gasteiger partial charge < -0.3 is 10.1 Å². The van der Waals surface area contributed by atoms with Crippen LogP contribution < -0.4 is 10.1 Å². The lowest BCUT2D eigenvalue weighted by atomic mass is 10.1. The molecule has 0 atom stereocenters. The van der Waals surface area contributed by atoms with Crippen molar-refractivity contribution >= 4 is 29.3 Å². The Kier molecular flexibility index (Phi) is 4.14. The van der Waals surface area contributed by atoms with Gasteiger partial charge >= 0.3 is 0 Å². The molecule has 8 heteroatoms. The number of ether oxygens (including phenoxy) is 1. The topological polar surface area (TPSA) is 81.9 Å². The van der Waals surface area contributed by atoms with Crippen LogP contribution in [0.15, 0.2) is 48.3 Å². The molecule has 0 radical (unpaired) electrons. The minimum absolute atomic E-state index is 0.210. The van der Waals surface area contributed by atoms with E-state index < -0.39 is 0 Å². The van der Waals surface area contributed by atoms with Gasteiger partial charge in [0.25, 0.3) is 5.91 Å². The highest BCUT2D eigenvalue weighted by Crippen LogP contribution is 2.29. The fourth-order valence-corrected chi connectivity index (χ4v) is 2.93. The summed E-state index contributed by atoms with van der Waals surface area (Å²) in [7, 11) is 0. The monoisotopic (exact) mass is 367 g/mol. The van der Waals surface area contributed by atoms with Gasteiger partial charge in [-0.15, -0.1) is 5.10 Å². The van der Waals surface area contributed by atoms with Crippen molar-refractivity contribution in [1.82, 2.24) is 20.2 Å². The number of nitrogens with zero attached hydrogens (tertiary/aromatic N) is 4. The molecule has 4 rings (SSSR count). The minimum atomic E-state index is -0.217. The van der Waals surface area contributed by atoms with Crippen LogP contribution in [0.2, 0.25) is 5.02 Å². The van der Waals surface area contributed by atoms with Crippen LogP contribution in [0.1, 0.15) is 11.1 Å². The summed E-state index contributed by atoms with van der Waals surface area (Å²) in [6.45, 7) is 2.13. The predicted octanol–water partition coefficient (Wildman–Crippen LogP) is 3.04. The van der Waals surface area contributed by atoms with Gasteiger partial charge in [-0.25, -0.2) is 4.68 Å². The average Bonchev–Trinajstić information content (AvgIpc) is 3.15. The number of halogens is 1. The van der Waals surface area contributed by atoms with Crippen molar-refractivity contribution in [3.05, 3.63) is 64.4 Å². The van der Waals surface area contributed by atoms with Crippen molar-refractivity contribution in [3.8, 4) is 11.4 Å². The summed E-state index contributed by atoms with van der Waals surface area (Å²) in [5.74, 6) is 0.498. The summed E-state index contributed by atoms with van der Waals surface area (Å²) < 4.78 is 7.20. The second kappa shape index (κ2) is 6.61. The molecule has 26 heavy (non-hydrogen) atoms. The molecule has 2 aromatic carbocycles. The lowest BCUT2D eigenvalue weighted by Crippen LogP contribution is -2.21. The van der Waals surface area contributed by atoms with Gasteiger partial charge in [-0.2, -0.15) is 0 Å². The minimum Gasteiger partial charge on any atom is -0.488 e. The molecule has 1 aliphatic heterocycles. The molecule has 0 saturated heterocycles. The summed E-state index contributed by atoms with van der Waals surface area (Å²) in [6.07, 6.45) is 3.32. The molecule has 0 saturated carbocycles. The first-order valence-corrected chi connectivity index (χ1v) is 8.26. The maximum atomic E-state index is 12.6. The molecule has 0 fully saturated rings. The highest BCUT2D eigenvalue weighted by Gasteiger charge is 2.18. The van der Waals surface area contributed by atoms with Gasteiger partial charge in [0.2, 0.25) is 0 Å². The van der Waals surface area contributed by atoms with Gasteiger partial charge in [0.05, 0.1) is 11.3 Å². The molecule has 0 unspecified atom stereocenters. The molecular weight excluding hydrogens is 354 g/mol. The fraction of sp³-hybridized carbons (Fsp3) is 0.111. The van der Waals surface area contributed by atoms with E-state index >= 15 is 0 Å². The standard InChI is InChI=1S/C18H14ClN5O2/c1-11-6-15(3-4-16(11)24-10-20-22-23-24)21-18(25)13-7-12-8-14(19)2-5-17(12)26-9-13/h2-8,10H,9H2,1H3,(H,21,25). The van der Waals surface area contributed by atoms with Crippen molar-refractivity contribution < 1.29 is 9.53 Å². The van der Waals surface area contributed by atoms with E-state index in [2.05, 4.69) is 20.8 Å². The third kappa shape index (κ3) is 3.16. The molecule has 130 valence electrons. The zero-order valence-corrected chi connectivity index (χ0v) is 14.6. The van der Waals surface area contributed by atoms with E-state index in [1.807, 2.05) is 19.1 Å². The van der Waals surface area contributed by atoms with Crippen LogP contribution in [0, 0.1) is 6.92 Å². The number of hydrogen-bond acceptors (Lipinski definition) is 5. The smallest absolute Gasteiger partial charge is 0.255 e. The largest absolute Gasteiger partial charge is 0.488 e. The molecule has 0 spiro atoms. The molecule has 1 aliphatic rings. The average molecular weight is 368 g/mol. The lowest BCUT2D eigenvalue weighted by Gasteiger charge is -2.18. The van der Waals surface area contributed by atoms with Crippen molar-refractivity contribution in [2.45, 2.75) is 6.92 Å². The molecule has 2 heterocycles. The summed E-state index contributed by atoms with van der Waals surface area (Å²) in [4.78, 5) is 12.6. The number of nitrogens with one attached hydrogen (secondary N) is 1. The van der Waals surface area contributed by atoms with E-state index in [0.29, 0.717) is 22.0 Å². The second-order valence-electron chi connectivity index (χ2n) is 5.85. The number of hydrogen-bond donors (Lipinski definition) is 1. The van der Waals surface area contributed by atoms with Crippen molar-refractivity contribution in [2.75, 3.05) is 11.9 Å². The summed E-state index contributed by atoms with van der Waals surface area (Å²) >= 11 is 6.01. The number of anilines is 1. The number of aromatic nitrogens is 4. The Bertz CT molecular complexity index is 1010. The van der Waals surface area contributed by atoms with Crippen molar-refractivity contribution in [2.24, 2.45) is 0 Å². The zero-order chi connectivity index (χ0) is 18.1. The normalized spacial score (nSPS) is 12.8. The quantitative estimate of drug-likeness (QED) is 0.769. The highest BCUT2D eigenvalue weighted by atomic mass is 35.5. The van der Waals surface area contributed by atoms with Crippen molar-refractivity contribution in [1.29, 1.82) is 0 Å². The van der Waals surface area contributed by atoms with Gasteiger partial charge in [-0.3, -0.25) is 4.79 Å². The third-order valence-corrected chi connectivity index (χ3v) is 4.26. The van der Waals surface area contributed by atoms with Gasteiger partial charge in [-0.05, 0) is 65.4 Å². The van der Waals surface area contributed by atoms with Crippen LogP contribution in [0.3, 0.4) is 0 Å². The number of tetrazole rings is 1. The summed E-state index contributed by atoms with van der Waals surface area (Å²) in [6, 6.07) is 10.8. The van der Waals surface area contributed by atoms with Crippen LogP contribution in [0.25, 0.3) is 11.8 Å². The van der Waals surface area contributed by atoms with E-state index in [-0.39, 0.29) is 12.5 Å². The number of carbonyl (C=O) groups excluding carboxylic acids is 1.